The SMILES string of the molecule is O=C(Cc1ccccc1)Nc1cccc(C(=O)N/N=C\c2ccco2)c1. The topological polar surface area (TPSA) is 83.7 Å². The van der Waals surface area contributed by atoms with Crippen LogP contribution in [0.15, 0.2) is 82.5 Å². The summed E-state index contributed by atoms with van der Waals surface area (Å²) in [4.78, 5) is 24.3. The number of nitrogens with one attached hydrogen (secondary N) is 2. The Hall–Kier alpha value is -3.67. The summed E-state index contributed by atoms with van der Waals surface area (Å²) in [5.74, 6) is 0.00351. The second-order valence-electron chi connectivity index (χ2n) is 5.51. The van der Waals surface area contributed by atoms with Gasteiger partial charge < -0.3 is 9.73 Å². The highest BCUT2D eigenvalue weighted by Gasteiger charge is 2.08. The molecule has 3 aromatic rings. The van der Waals surface area contributed by atoms with Gasteiger partial charge in [-0.25, -0.2) is 5.43 Å². The number of furan rings is 1. The zero-order valence-electron chi connectivity index (χ0n) is 13.9. The summed E-state index contributed by atoms with van der Waals surface area (Å²) < 4.78 is 5.08. The summed E-state index contributed by atoms with van der Waals surface area (Å²) in [6, 6.07) is 19.6. The maximum absolute atomic E-state index is 12.1. The van der Waals surface area contributed by atoms with E-state index in [1.807, 2.05) is 30.3 Å². The lowest BCUT2D eigenvalue weighted by Crippen LogP contribution is -2.18. The van der Waals surface area contributed by atoms with Gasteiger partial charge in [0, 0.05) is 11.3 Å². The van der Waals surface area contributed by atoms with Crippen LogP contribution in [0.4, 0.5) is 5.69 Å². The van der Waals surface area contributed by atoms with E-state index < -0.39 is 0 Å². The van der Waals surface area contributed by atoms with Crippen LogP contribution >= 0.6 is 0 Å². The van der Waals surface area contributed by atoms with Crippen LogP contribution in [0, 0.1) is 0 Å². The molecule has 1 heterocycles. The van der Waals surface area contributed by atoms with Crippen LogP contribution in [0.2, 0.25) is 0 Å². The average molecular weight is 347 g/mol. The molecule has 0 aliphatic heterocycles. The van der Waals surface area contributed by atoms with Crippen LogP contribution in [0.5, 0.6) is 0 Å². The van der Waals surface area contributed by atoms with Crippen molar-refractivity contribution in [3.05, 3.63) is 89.9 Å². The summed E-state index contributed by atoms with van der Waals surface area (Å²) in [6.45, 7) is 0. The molecule has 2 aromatic carbocycles. The Morgan fingerprint density at radius 2 is 1.85 bits per heavy atom. The van der Waals surface area contributed by atoms with Gasteiger partial charge in [0.25, 0.3) is 5.91 Å². The predicted molar refractivity (Wildman–Crippen MR) is 99.0 cm³/mol. The van der Waals surface area contributed by atoms with E-state index in [1.54, 1.807) is 36.4 Å². The van der Waals surface area contributed by atoms with E-state index >= 15 is 0 Å². The van der Waals surface area contributed by atoms with E-state index in [9.17, 15) is 9.59 Å². The molecule has 3 rings (SSSR count). The average Bonchev–Trinajstić information content (AvgIpc) is 3.16. The van der Waals surface area contributed by atoms with Gasteiger partial charge in [-0.3, -0.25) is 9.59 Å². The van der Waals surface area contributed by atoms with Gasteiger partial charge in [0.2, 0.25) is 5.91 Å². The number of hydrogen-bond acceptors (Lipinski definition) is 4. The molecule has 6 heteroatoms. The number of hydrogen-bond donors (Lipinski definition) is 2. The third-order valence-corrected chi connectivity index (χ3v) is 3.52. The van der Waals surface area contributed by atoms with Gasteiger partial charge >= 0.3 is 0 Å². The number of benzene rings is 2. The van der Waals surface area contributed by atoms with Crippen LogP contribution in [0.3, 0.4) is 0 Å². The molecule has 0 fully saturated rings. The summed E-state index contributed by atoms with van der Waals surface area (Å²) in [5.41, 5.74) is 4.28. The zero-order chi connectivity index (χ0) is 18.2. The van der Waals surface area contributed by atoms with Crippen molar-refractivity contribution in [2.75, 3.05) is 5.32 Å². The molecule has 0 spiro atoms. The van der Waals surface area contributed by atoms with Gasteiger partial charge in [0.15, 0.2) is 0 Å². The molecule has 0 bridgehead atoms. The number of carbonyl (C=O) groups excluding carboxylic acids is 2. The number of carbonyl (C=O) groups is 2. The second-order valence-corrected chi connectivity index (χ2v) is 5.51. The summed E-state index contributed by atoms with van der Waals surface area (Å²) in [7, 11) is 0. The molecule has 0 aliphatic rings. The van der Waals surface area contributed by atoms with Crippen LogP contribution in [-0.2, 0) is 11.2 Å². The van der Waals surface area contributed by atoms with E-state index in [2.05, 4.69) is 15.8 Å². The minimum absolute atomic E-state index is 0.149. The molecular weight excluding hydrogens is 330 g/mol. The van der Waals surface area contributed by atoms with Gasteiger partial charge in [0.05, 0.1) is 18.9 Å². The number of rotatable bonds is 6. The smallest absolute Gasteiger partial charge is 0.271 e. The van der Waals surface area contributed by atoms with Crippen molar-refractivity contribution in [1.82, 2.24) is 5.43 Å². The molecule has 2 amide bonds. The summed E-state index contributed by atoms with van der Waals surface area (Å²) in [6.07, 6.45) is 3.19. The Bertz CT molecular complexity index is 903. The molecule has 0 radical (unpaired) electrons. The van der Waals surface area contributed by atoms with Crippen LogP contribution in [0.25, 0.3) is 0 Å². The van der Waals surface area contributed by atoms with Gasteiger partial charge in [-0.2, -0.15) is 5.10 Å². The molecule has 0 unspecified atom stereocenters. The molecule has 0 aliphatic carbocycles. The van der Waals surface area contributed by atoms with Gasteiger partial charge in [0.1, 0.15) is 5.76 Å². The highest BCUT2D eigenvalue weighted by molar-refractivity contribution is 5.97. The van der Waals surface area contributed by atoms with Gasteiger partial charge in [-0.15, -0.1) is 0 Å². The van der Waals surface area contributed by atoms with E-state index in [-0.39, 0.29) is 18.2 Å². The van der Waals surface area contributed by atoms with Crippen LogP contribution < -0.4 is 10.7 Å². The Balaban J connectivity index is 1.58. The normalized spacial score (nSPS) is 10.6. The third-order valence-electron chi connectivity index (χ3n) is 3.52. The quantitative estimate of drug-likeness (QED) is 0.530. The fourth-order valence-electron chi connectivity index (χ4n) is 2.31. The first kappa shape index (κ1) is 17.2. The molecular formula is C20H17N3O3. The fraction of sp³-hybridized carbons (Fsp3) is 0.0500. The van der Waals surface area contributed by atoms with E-state index in [1.165, 1.54) is 12.5 Å². The van der Waals surface area contributed by atoms with Crippen molar-refractivity contribution in [1.29, 1.82) is 0 Å². The molecule has 0 saturated heterocycles. The molecule has 0 atom stereocenters. The number of nitrogens with zero attached hydrogens (tertiary/aromatic N) is 1. The van der Waals surface area contributed by atoms with Crippen molar-refractivity contribution in [3.63, 3.8) is 0 Å². The maximum atomic E-state index is 12.1. The number of amides is 2. The standard InChI is InChI=1S/C20H17N3O3/c24-19(12-15-6-2-1-3-7-15)22-17-9-4-8-16(13-17)20(25)23-21-14-18-10-5-11-26-18/h1-11,13-14H,12H2,(H,22,24)(H,23,25)/b21-14-. The van der Waals surface area contributed by atoms with Gasteiger partial charge in [-0.05, 0) is 35.9 Å². The van der Waals surface area contributed by atoms with Gasteiger partial charge in [-0.1, -0.05) is 36.4 Å². The first-order valence-corrected chi connectivity index (χ1v) is 8.01. The fourth-order valence-corrected chi connectivity index (χ4v) is 2.31. The van der Waals surface area contributed by atoms with Crippen LogP contribution in [-0.4, -0.2) is 18.0 Å². The lowest BCUT2D eigenvalue weighted by atomic mass is 10.1. The van der Waals surface area contributed by atoms with E-state index in [0.29, 0.717) is 17.0 Å². The first-order chi connectivity index (χ1) is 12.7. The molecule has 0 saturated carbocycles. The van der Waals surface area contributed by atoms with Crippen LogP contribution in [0.1, 0.15) is 21.7 Å². The number of anilines is 1. The Morgan fingerprint density at radius 1 is 1.00 bits per heavy atom. The molecule has 6 nitrogen and oxygen atoms in total. The minimum Gasteiger partial charge on any atom is -0.463 e. The molecule has 1 aromatic heterocycles. The van der Waals surface area contributed by atoms with Crippen molar-refractivity contribution < 1.29 is 14.0 Å². The maximum Gasteiger partial charge on any atom is 0.271 e. The molecule has 26 heavy (non-hydrogen) atoms. The van der Waals surface area contributed by atoms with Crippen molar-refractivity contribution in [2.24, 2.45) is 5.10 Å². The Labute approximate surface area is 150 Å². The second kappa shape index (κ2) is 8.43. The Kier molecular flexibility index (Phi) is 5.57. The minimum atomic E-state index is -0.382. The summed E-state index contributed by atoms with van der Waals surface area (Å²) >= 11 is 0. The van der Waals surface area contributed by atoms with E-state index in [0.717, 1.165) is 5.56 Å². The first-order valence-electron chi connectivity index (χ1n) is 8.01. The molecule has 130 valence electrons. The van der Waals surface area contributed by atoms with Crippen molar-refractivity contribution >= 4 is 23.7 Å². The Morgan fingerprint density at radius 3 is 2.62 bits per heavy atom. The van der Waals surface area contributed by atoms with Crippen molar-refractivity contribution in [3.8, 4) is 0 Å². The van der Waals surface area contributed by atoms with E-state index in [4.69, 9.17) is 4.42 Å². The predicted octanol–water partition coefficient (Wildman–Crippen LogP) is 3.22. The monoisotopic (exact) mass is 347 g/mol. The highest BCUT2D eigenvalue weighted by atomic mass is 16.3. The molecule has 2 N–H and O–H groups in total. The lowest BCUT2D eigenvalue weighted by Gasteiger charge is -2.07. The summed E-state index contributed by atoms with van der Waals surface area (Å²) in [5, 5.41) is 6.62. The number of hydrazone groups is 1. The lowest BCUT2D eigenvalue weighted by molar-refractivity contribution is -0.115. The highest BCUT2D eigenvalue weighted by Crippen LogP contribution is 2.12. The zero-order valence-corrected chi connectivity index (χ0v) is 13.9. The van der Waals surface area contributed by atoms with Crippen molar-refractivity contribution in [2.45, 2.75) is 6.42 Å². The largest absolute Gasteiger partial charge is 0.463 e. The third kappa shape index (κ3) is 4.91.